The van der Waals surface area contributed by atoms with E-state index in [0.717, 1.165) is 24.2 Å². The van der Waals surface area contributed by atoms with Crippen molar-refractivity contribution < 1.29 is 18.4 Å². The molecule has 0 bridgehead atoms. The van der Waals surface area contributed by atoms with Crippen LogP contribution in [0.1, 0.15) is 18.0 Å². The van der Waals surface area contributed by atoms with Crippen LogP contribution in [0.3, 0.4) is 0 Å². The highest BCUT2D eigenvalue weighted by molar-refractivity contribution is 7.09. The fourth-order valence-corrected chi connectivity index (χ4v) is 3.74. The van der Waals surface area contributed by atoms with Gasteiger partial charge in [-0.15, -0.1) is 11.3 Å². The van der Waals surface area contributed by atoms with Gasteiger partial charge in [-0.05, 0) is 13.0 Å². The van der Waals surface area contributed by atoms with E-state index < -0.39 is 11.5 Å². The van der Waals surface area contributed by atoms with Gasteiger partial charge in [0.25, 0.3) is 5.69 Å². The molecule has 0 radical (unpaired) electrons. The van der Waals surface area contributed by atoms with Crippen LogP contribution in [0.5, 0.6) is 5.75 Å². The molecule has 3 rings (SSSR count). The predicted molar refractivity (Wildman–Crippen MR) is 94.0 cm³/mol. The van der Waals surface area contributed by atoms with Crippen molar-refractivity contribution in [2.45, 2.75) is 19.6 Å². The summed E-state index contributed by atoms with van der Waals surface area (Å²) in [4.78, 5) is 18.8. The van der Waals surface area contributed by atoms with Gasteiger partial charge >= 0.3 is 6.61 Å². The number of ether oxygens (including phenoxy) is 1. The molecule has 2 aromatic rings. The fraction of sp³-hybridized carbons (Fsp3) is 0.438. The molecular weight excluding hydrogens is 366 g/mol. The zero-order valence-electron chi connectivity index (χ0n) is 14.0. The molecule has 1 unspecified atom stereocenters. The number of anilines is 1. The van der Waals surface area contributed by atoms with Crippen molar-refractivity contribution in [2.24, 2.45) is 0 Å². The number of nitrogens with zero attached hydrogens (tertiary/aromatic N) is 4. The Morgan fingerprint density at radius 3 is 2.62 bits per heavy atom. The lowest BCUT2D eigenvalue weighted by Crippen LogP contribution is -2.47. The topological polar surface area (TPSA) is 71.7 Å². The number of rotatable bonds is 6. The lowest BCUT2D eigenvalue weighted by Gasteiger charge is -2.38. The minimum Gasteiger partial charge on any atom is -0.432 e. The molecule has 0 saturated carbocycles. The fourth-order valence-electron chi connectivity index (χ4n) is 3.02. The summed E-state index contributed by atoms with van der Waals surface area (Å²) in [7, 11) is 0. The van der Waals surface area contributed by atoms with Crippen LogP contribution in [0.2, 0.25) is 0 Å². The maximum atomic E-state index is 12.7. The second-order valence-electron chi connectivity index (χ2n) is 5.86. The summed E-state index contributed by atoms with van der Waals surface area (Å²) >= 11 is 1.60. The third kappa shape index (κ3) is 4.07. The molecule has 1 aromatic carbocycles. The number of thiazole rings is 1. The quantitative estimate of drug-likeness (QED) is 0.560. The molecule has 1 aliphatic rings. The van der Waals surface area contributed by atoms with Crippen molar-refractivity contribution >= 4 is 22.7 Å². The first-order valence-corrected chi connectivity index (χ1v) is 8.95. The molecule has 0 amide bonds. The van der Waals surface area contributed by atoms with Crippen LogP contribution in [-0.2, 0) is 0 Å². The van der Waals surface area contributed by atoms with E-state index in [4.69, 9.17) is 0 Å². The Morgan fingerprint density at radius 1 is 1.31 bits per heavy atom. The second kappa shape index (κ2) is 7.92. The SMILES string of the molecule is CC(c1nccs1)N1CCN(c2ccc([N+](=O)[O-])cc2OC(F)F)CC1. The van der Waals surface area contributed by atoms with Crippen molar-refractivity contribution in [1.29, 1.82) is 0 Å². The Labute approximate surface area is 153 Å². The van der Waals surface area contributed by atoms with E-state index >= 15 is 0 Å². The van der Waals surface area contributed by atoms with Gasteiger partial charge < -0.3 is 9.64 Å². The van der Waals surface area contributed by atoms with E-state index in [1.165, 1.54) is 12.1 Å². The number of aromatic nitrogens is 1. The maximum absolute atomic E-state index is 12.7. The highest BCUT2D eigenvalue weighted by atomic mass is 32.1. The molecule has 1 fully saturated rings. The molecule has 140 valence electrons. The maximum Gasteiger partial charge on any atom is 0.387 e. The molecule has 1 atom stereocenters. The van der Waals surface area contributed by atoms with E-state index in [2.05, 4.69) is 21.5 Å². The van der Waals surface area contributed by atoms with Crippen LogP contribution in [0, 0.1) is 10.1 Å². The molecule has 10 heteroatoms. The summed E-state index contributed by atoms with van der Waals surface area (Å²) in [6.07, 6.45) is 1.78. The van der Waals surface area contributed by atoms with Gasteiger partial charge in [-0.2, -0.15) is 8.78 Å². The summed E-state index contributed by atoms with van der Waals surface area (Å²) in [6, 6.07) is 4.01. The summed E-state index contributed by atoms with van der Waals surface area (Å²) in [6.45, 7) is 1.71. The van der Waals surface area contributed by atoms with E-state index in [9.17, 15) is 18.9 Å². The van der Waals surface area contributed by atoms with E-state index in [1.807, 2.05) is 10.3 Å². The number of benzene rings is 1. The second-order valence-corrected chi connectivity index (χ2v) is 6.78. The summed E-state index contributed by atoms with van der Waals surface area (Å²) in [5.41, 5.74) is 0.165. The average Bonchev–Trinajstić information content (AvgIpc) is 3.15. The molecule has 0 spiro atoms. The molecule has 1 saturated heterocycles. The molecule has 1 aromatic heterocycles. The lowest BCUT2D eigenvalue weighted by atomic mass is 10.2. The normalized spacial score (nSPS) is 16.7. The zero-order valence-corrected chi connectivity index (χ0v) is 14.9. The molecule has 7 nitrogen and oxygen atoms in total. The van der Waals surface area contributed by atoms with Crippen LogP contribution < -0.4 is 9.64 Å². The first kappa shape index (κ1) is 18.5. The Kier molecular flexibility index (Phi) is 5.62. The Balaban J connectivity index is 1.73. The van der Waals surface area contributed by atoms with Crippen LogP contribution in [0.15, 0.2) is 29.8 Å². The Morgan fingerprint density at radius 2 is 2.04 bits per heavy atom. The Bertz CT molecular complexity index is 752. The van der Waals surface area contributed by atoms with E-state index in [0.29, 0.717) is 18.8 Å². The molecule has 2 heterocycles. The monoisotopic (exact) mass is 384 g/mol. The van der Waals surface area contributed by atoms with E-state index in [-0.39, 0.29) is 17.5 Å². The van der Waals surface area contributed by atoms with E-state index in [1.54, 1.807) is 17.5 Å². The van der Waals surface area contributed by atoms with Gasteiger partial charge in [0, 0.05) is 43.8 Å². The van der Waals surface area contributed by atoms with Gasteiger partial charge in [-0.3, -0.25) is 15.0 Å². The lowest BCUT2D eigenvalue weighted by molar-refractivity contribution is -0.385. The average molecular weight is 384 g/mol. The zero-order chi connectivity index (χ0) is 18.7. The predicted octanol–water partition coefficient (Wildman–Crippen LogP) is 3.54. The number of nitro benzene ring substituents is 1. The van der Waals surface area contributed by atoms with Crippen LogP contribution in [-0.4, -0.2) is 47.6 Å². The van der Waals surface area contributed by atoms with Crippen LogP contribution >= 0.6 is 11.3 Å². The molecule has 0 N–H and O–H groups in total. The summed E-state index contributed by atoms with van der Waals surface area (Å²) in [5, 5.41) is 13.9. The molecule has 26 heavy (non-hydrogen) atoms. The number of piperazine rings is 1. The highest BCUT2D eigenvalue weighted by Crippen LogP contribution is 2.35. The van der Waals surface area contributed by atoms with Crippen LogP contribution in [0.25, 0.3) is 0 Å². The number of halogens is 2. The summed E-state index contributed by atoms with van der Waals surface area (Å²) in [5.74, 6) is -0.171. The number of non-ortho nitro benzene ring substituents is 1. The van der Waals surface area contributed by atoms with Gasteiger partial charge in [-0.25, -0.2) is 4.98 Å². The minimum absolute atomic E-state index is 0.171. The van der Waals surface area contributed by atoms with Crippen LogP contribution in [0.4, 0.5) is 20.2 Å². The van der Waals surface area contributed by atoms with Gasteiger partial charge in [0.05, 0.1) is 22.7 Å². The standard InChI is InChI=1S/C16H18F2N4O3S/c1-11(15-19-4-9-26-15)20-5-7-21(8-6-20)13-3-2-12(22(23)24)10-14(13)25-16(17)18/h2-4,9-11,16H,5-8H2,1H3. The third-order valence-corrected chi connectivity index (χ3v) is 5.33. The third-order valence-electron chi connectivity index (χ3n) is 4.38. The van der Waals surface area contributed by atoms with Crippen molar-refractivity contribution in [3.8, 4) is 5.75 Å². The molecular formula is C16H18F2N4O3S. The Hall–Kier alpha value is -2.33. The number of hydrogen-bond donors (Lipinski definition) is 0. The van der Waals surface area contributed by atoms with Crippen molar-refractivity contribution in [3.05, 3.63) is 44.9 Å². The highest BCUT2D eigenvalue weighted by Gasteiger charge is 2.26. The number of nitro groups is 1. The largest absolute Gasteiger partial charge is 0.432 e. The van der Waals surface area contributed by atoms with Crippen molar-refractivity contribution in [3.63, 3.8) is 0 Å². The number of hydrogen-bond acceptors (Lipinski definition) is 7. The van der Waals surface area contributed by atoms with Crippen molar-refractivity contribution in [2.75, 3.05) is 31.1 Å². The first-order valence-electron chi connectivity index (χ1n) is 8.07. The molecule has 1 aliphatic heterocycles. The first-order chi connectivity index (χ1) is 12.5. The van der Waals surface area contributed by atoms with Gasteiger partial charge in [0.15, 0.2) is 5.75 Å². The van der Waals surface area contributed by atoms with Gasteiger partial charge in [0.1, 0.15) is 5.01 Å². The van der Waals surface area contributed by atoms with Gasteiger partial charge in [0.2, 0.25) is 0 Å². The molecule has 0 aliphatic carbocycles. The minimum atomic E-state index is -3.04. The van der Waals surface area contributed by atoms with Gasteiger partial charge in [-0.1, -0.05) is 0 Å². The smallest absolute Gasteiger partial charge is 0.387 e. The van der Waals surface area contributed by atoms with Crippen molar-refractivity contribution in [1.82, 2.24) is 9.88 Å². The number of alkyl halides is 2. The summed E-state index contributed by atoms with van der Waals surface area (Å²) < 4.78 is 29.9.